The Bertz CT molecular complexity index is 695. The molecule has 1 atom stereocenters. The molecule has 130 valence electrons. The van der Waals surface area contributed by atoms with Crippen molar-refractivity contribution in [2.24, 2.45) is 7.05 Å². The smallest absolute Gasteiger partial charge is 0.273 e. The molecule has 1 saturated heterocycles. The quantitative estimate of drug-likeness (QED) is 0.833. The normalized spacial score (nSPS) is 18.8. The lowest BCUT2D eigenvalue weighted by atomic mass is 10.1. The number of nitrogens with zero attached hydrogens (tertiary/aromatic N) is 6. The first kappa shape index (κ1) is 16.9. The van der Waals surface area contributed by atoms with Gasteiger partial charge in [-0.3, -0.25) is 9.69 Å². The second-order valence-corrected chi connectivity index (χ2v) is 7.18. The molecular weight excluding hydrogens is 324 g/mol. The molecule has 7 nitrogen and oxygen atoms in total. The largest absolute Gasteiger partial charge is 0.348 e. The number of piperazine rings is 1. The van der Waals surface area contributed by atoms with E-state index < -0.39 is 0 Å². The standard InChI is InChI=1S/C16H24N6OS/c1-12-8-21(9-13-7-17-16(19(2)3)20(13)4)5-6-22(12)15(23)14-10-24-11-18-14/h7,10-12H,5-6,8-9H2,1-4H3/t12-/m0/s1. The van der Waals surface area contributed by atoms with Gasteiger partial charge in [-0.15, -0.1) is 11.3 Å². The average Bonchev–Trinajstić information content (AvgIpc) is 3.18. The molecule has 0 radical (unpaired) electrons. The lowest BCUT2D eigenvalue weighted by Gasteiger charge is -2.39. The Morgan fingerprint density at radius 3 is 2.75 bits per heavy atom. The monoisotopic (exact) mass is 348 g/mol. The summed E-state index contributed by atoms with van der Waals surface area (Å²) in [7, 11) is 6.04. The van der Waals surface area contributed by atoms with Crippen LogP contribution in [0.3, 0.4) is 0 Å². The zero-order valence-electron chi connectivity index (χ0n) is 14.6. The molecule has 0 aromatic carbocycles. The van der Waals surface area contributed by atoms with Crippen LogP contribution in [-0.2, 0) is 13.6 Å². The van der Waals surface area contributed by atoms with Gasteiger partial charge >= 0.3 is 0 Å². The summed E-state index contributed by atoms with van der Waals surface area (Å²) in [5, 5.41) is 1.82. The van der Waals surface area contributed by atoms with E-state index in [1.807, 2.05) is 42.5 Å². The molecular formula is C16H24N6OS. The zero-order chi connectivity index (χ0) is 17.3. The van der Waals surface area contributed by atoms with Crippen LogP contribution in [0.25, 0.3) is 0 Å². The minimum Gasteiger partial charge on any atom is -0.348 e. The van der Waals surface area contributed by atoms with Crippen molar-refractivity contribution in [3.63, 3.8) is 0 Å². The summed E-state index contributed by atoms with van der Waals surface area (Å²) in [6, 6.07) is 0.175. The van der Waals surface area contributed by atoms with Crippen molar-refractivity contribution in [1.82, 2.24) is 24.3 Å². The Labute approximate surface area is 146 Å². The Morgan fingerprint density at radius 2 is 2.17 bits per heavy atom. The first-order chi connectivity index (χ1) is 11.5. The van der Waals surface area contributed by atoms with Gasteiger partial charge in [0.05, 0.1) is 17.4 Å². The molecule has 0 spiro atoms. The van der Waals surface area contributed by atoms with E-state index in [1.165, 1.54) is 17.0 Å². The molecule has 3 heterocycles. The van der Waals surface area contributed by atoms with Crippen LogP contribution in [0.4, 0.5) is 5.95 Å². The van der Waals surface area contributed by atoms with Gasteiger partial charge in [0.1, 0.15) is 5.69 Å². The highest BCUT2D eigenvalue weighted by Crippen LogP contribution is 2.18. The molecule has 2 aromatic rings. The molecule has 2 aromatic heterocycles. The lowest BCUT2D eigenvalue weighted by molar-refractivity contribution is 0.0467. The molecule has 3 rings (SSSR count). The van der Waals surface area contributed by atoms with Gasteiger partial charge in [0.15, 0.2) is 0 Å². The maximum absolute atomic E-state index is 12.5. The number of aromatic nitrogens is 3. The molecule has 0 aliphatic carbocycles. The van der Waals surface area contributed by atoms with E-state index in [4.69, 9.17) is 0 Å². The highest BCUT2D eigenvalue weighted by atomic mass is 32.1. The number of rotatable bonds is 4. The third-order valence-corrected chi connectivity index (χ3v) is 5.06. The average molecular weight is 348 g/mol. The van der Waals surface area contributed by atoms with E-state index in [1.54, 1.807) is 5.51 Å². The minimum absolute atomic E-state index is 0.0406. The first-order valence-electron chi connectivity index (χ1n) is 8.06. The third-order valence-electron chi connectivity index (χ3n) is 4.47. The van der Waals surface area contributed by atoms with E-state index in [2.05, 4.69) is 26.4 Å². The number of hydrogen-bond donors (Lipinski definition) is 0. The van der Waals surface area contributed by atoms with Crippen molar-refractivity contribution in [1.29, 1.82) is 0 Å². The van der Waals surface area contributed by atoms with Crippen LogP contribution in [0.15, 0.2) is 17.1 Å². The topological polar surface area (TPSA) is 57.5 Å². The van der Waals surface area contributed by atoms with Crippen LogP contribution >= 0.6 is 11.3 Å². The van der Waals surface area contributed by atoms with Crippen molar-refractivity contribution in [2.75, 3.05) is 38.6 Å². The van der Waals surface area contributed by atoms with Crippen molar-refractivity contribution >= 4 is 23.2 Å². The van der Waals surface area contributed by atoms with Crippen LogP contribution in [0.2, 0.25) is 0 Å². The van der Waals surface area contributed by atoms with E-state index in [0.717, 1.165) is 32.1 Å². The van der Waals surface area contributed by atoms with Gasteiger partial charge < -0.3 is 14.4 Å². The number of thiazole rings is 1. The Balaban J connectivity index is 1.62. The number of imidazole rings is 1. The van der Waals surface area contributed by atoms with Crippen LogP contribution in [0.5, 0.6) is 0 Å². The fourth-order valence-corrected chi connectivity index (χ4v) is 3.69. The molecule has 8 heteroatoms. The van der Waals surface area contributed by atoms with E-state index >= 15 is 0 Å². The fourth-order valence-electron chi connectivity index (χ4n) is 3.17. The second kappa shape index (κ2) is 6.90. The van der Waals surface area contributed by atoms with Gasteiger partial charge in [-0.2, -0.15) is 0 Å². The number of anilines is 1. The van der Waals surface area contributed by atoms with Crippen molar-refractivity contribution < 1.29 is 4.79 Å². The molecule has 24 heavy (non-hydrogen) atoms. The van der Waals surface area contributed by atoms with E-state index in [0.29, 0.717) is 5.69 Å². The van der Waals surface area contributed by atoms with Gasteiger partial charge in [0, 0.05) is 58.7 Å². The number of amides is 1. The second-order valence-electron chi connectivity index (χ2n) is 6.46. The summed E-state index contributed by atoms with van der Waals surface area (Å²) in [5.41, 5.74) is 3.45. The molecule has 1 amide bonds. The molecule has 0 saturated carbocycles. The number of hydrogen-bond acceptors (Lipinski definition) is 6. The van der Waals surface area contributed by atoms with Crippen molar-refractivity contribution in [3.8, 4) is 0 Å². The summed E-state index contributed by atoms with van der Waals surface area (Å²) >= 11 is 1.46. The van der Waals surface area contributed by atoms with Crippen LogP contribution < -0.4 is 4.90 Å². The van der Waals surface area contributed by atoms with Crippen LogP contribution in [0, 0.1) is 0 Å². The molecule has 1 aliphatic rings. The van der Waals surface area contributed by atoms with Crippen molar-refractivity contribution in [2.45, 2.75) is 19.5 Å². The van der Waals surface area contributed by atoms with E-state index in [9.17, 15) is 4.79 Å². The fraction of sp³-hybridized carbons (Fsp3) is 0.562. The van der Waals surface area contributed by atoms with Gasteiger partial charge in [-0.1, -0.05) is 0 Å². The Kier molecular flexibility index (Phi) is 4.86. The third kappa shape index (κ3) is 3.29. The first-order valence-corrected chi connectivity index (χ1v) is 9.01. The maximum Gasteiger partial charge on any atom is 0.273 e. The number of carbonyl (C=O) groups is 1. The van der Waals surface area contributed by atoms with Gasteiger partial charge in [-0.25, -0.2) is 9.97 Å². The summed E-state index contributed by atoms with van der Waals surface area (Å²) in [4.78, 5) is 27.4. The summed E-state index contributed by atoms with van der Waals surface area (Å²) in [6.07, 6.45) is 1.94. The van der Waals surface area contributed by atoms with Crippen LogP contribution in [0.1, 0.15) is 23.1 Å². The highest BCUT2D eigenvalue weighted by molar-refractivity contribution is 7.07. The molecule has 1 aliphatic heterocycles. The van der Waals surface area contributed by atoms with Gasteiger partial charge in [0.25, 0.3) is 5.91 Å². The van der Waals surface area contributed by atoms with Crippen LogP contribution in [-0.4, -0.2) is 70.0 Å². The Morgan fingerprint density at radius 1 is 1.38 bits per heavy atom. The molecule has 0 bridgehead atoms. The van der Waals surface area contributed by atoms with Gasteiger partial charge in [-0.05, 0) is 6.92 Å². The SMILES string of the molecule is C[C@H]1CN(Cc2cnc(N(C)C)n2C)CCN1C(=O)c1cscn1. The molecule has 0 unspecified atom stereocenters. The highest BCUT2D eigenvalue weighted by Gasteiger charge is 2.29. The zero-order valence-corrected chi connectivity index (χ0v) is 15.5. The minimum atomic E-state index is 0.0406. The van der Waals surface area contributed by atoms with Gasteiger partial charge in [0.2, 0.25) is 5.95 Å². The number of carbonyl (C=O) groups excluding carboxylic acids is 1. The lowest BCUT2D eigenvalue weighted by Crippen LogP contribution is -2.53. The molecule has 1 fully saturated rings. The predicted octanol–water partition coefficient (Wildman–Crippen LogP) is 1.29. The molecule has 0 N–H and O–H groups in total. The van der Waals surface area contributed by atoms with Crippen molar-refractivity contribution in [3.05, 3.63) is 28.5 Å². The Hall–Kier alpha value is -1.93. The summed E-state index contributed by atoms with van der Waals surface area (Å²) < 4.78 is 2.12. The summed E-state index contributed by atoms with van der Waals surface area (Å²) in [5.74, 6) is 0.995. The van der Waals surface area contributed by atoms with E-state index in [-0.39, 0.29) is 11.9 Å². The predicted molar refractivity (Wildman–Crippen MR) is 95.4 cm³/mol. The summed E-state index contributed by atoms with van der Waals surface area (Å²) in [6.45, 7) is 5.41. The maximum atomic E-state index is 12.5.